The summed E-state index contributed by atoms with van der Waals surface area (Å²) in [6.45, 7) is 5.07. The standard InChI is InChI=1S/C18H24N4O4S/c1-12(2)10-19-17(25)21-15(23)11-27-18-20-14-7-5-4-6-13(14)16(24)22(18)8-9-26-3/h4-7,12H,8-11H2,1-3H3,(H2,19,21,23,25). The van der Waals surface area contributed by atoms with E-state index in [9.17, 15) is 14.4 Å². The SMILES string of the molecule is COCCn1c(SCC(=O)NC(=O)NCC(C)C)nc2ccccc2c1=O. The van der Waals surface area contributed by atoms with Gasteiger partial charge >= 0.3 is 6.03 Å². The molecule has 27 heavy (non-hydrogen) atoms. The number of nitrogens with zero attached hydrogens (tertiary/aromatic N) is 2. The van der Waals surface area contributed by atoms with E-state index in [0.29, 0.717) is 35.8 Å². The highest BCUT2D eigenvalue weighted by Crippen LogP contribution is 2.17. The van der Waals surface area contributed by atoms with E-state index >= 15 is 0 Å². The summed E-state index contributed by atoms with van der Waals surface area (Å²) in [6.07, 6.45) is 0. The molecule has 0 radical (unpaired) electrons. The number of para-hydroxylation sites is 1. The van der Waals surface area contributed by atoms with Gasteiger partial charge in [0.05, 0.1) is 29.8 Å². The lowest BCUT2D eigenvalue weighted by Crippen LogP contribution is -2.41. The monoisotopic (exact) mass is 392 g/mol. The summed E-state index contributed by atoms with van der Waals surface area (Å²) < 4.78 is 6.55. The Hall–Kier alpha value is -2.39. The lowest BCUT2D eigenvalue weighted by molar-refractivity contribution is -0.117. The molecule has 0 unspecified atom stereocenters. The second-order valence-corrected chi connectivity index (χ2v) is 7.24. The van der Waals surface area contributed by atoms with Crippen LogP contribution < -0.4 is 16.2 Å². The smallest absolute Gasteiger partial charge is 0.321 e. The fourth-order valence-electron chi connectivity index (χ4n) is 2.27. The molecule has 0 spiro atoms. The van der Waals surface area contributed by atoms with Gasteiger partial charge in [-0.15, -0.1) is 0 Å². The number of methoxy groups -OCH3 is 1. The fourth-order valence-corrected chi connectivity index (χ4v) is 3.10. The predicted molar refractivity (Wildman–Crippen MR) is 105 cm³/mol. The third-order valence-corrected chi connectivity index (χ3v) is 4.58. The summed E-state index contributed by atoms with van der Waals surface area (Å²) in [5.74, 6) is -0.202. The minimum absolute atomic E-state index is 0.0349. The number of nitrogens with one attached hydrogen (secondary N) is 2. The number of rotatable bonds is 8. The van der Waals surface area contributed by atoms with Crippen molar-refractivity contribution in [3.63, 3.8) is 0 Å². The van der Waals surface area contributed by atoms with E-state index in [1.54, 1.807) is 31.4 Å². The molecule has 0 bridgehead atoms. The highest BCUT2D eigenvalue weighted by Gasteiger charge is 2.14. The van der Waals surface area contributed by atoms with E-state index in [-0.39, 0.29) is 17.2 Å². The molecule has 1 aromatic carbocycles. The zero-order valence-corrected chi connectivity index (χ0v) is 16.5. The van der Waals surface area contributed by atoms with Crippen LogP contribution in [0.2, 0.25) is 0 Å². The van der Waals surface area contributed by atoms with Crippen molar-refractivity contribution in [1.29, 1.82) is 0 Å². The molecule has 1 aromatic heterocycles. The molecule has 2 aromatic rings. The Labute approximate surface area is 161 Å². The molecule has 0 aliphatic rings. The number of benzene rings is 1. The first-order valence-electron chi connectivity index (χ1n) is 8.61. The molecule has 2 N–H and O–H groups in total. The molecule has 2 rings (SSSR count). The molecule has 146 valence electrons. The number of hydrogen-bond donors (Lipinski definition) is 2. The molecule has 9 heteroatoms. The maximum atomic E-state index is 12.7. The molecular weight excluding hydrogens is 368 g/mol. The van der Waals surface area contributed by atoms with Gasteiger partial charge in [0.1, 0.15) is 0 Å². The van der Waals surface area contributed by atoms with E-state index in [2.05, 4.69) is 15.6 Å². The summed E-state index contributed by atoms with van der Waals surface area (Å²) in [5.41, 5.74) is 0.379. The summed E-state index contributed by atoms with van der Waals surface area (Å²) in [4.78, 5) is 40.9. The molecule has 0 aliphatic carbocycles. The number of thioether (sulfide) groups is 1. The maximum Gasteiger partial charge on any atom is 0.321 e. The first-order valence-corrected chi connectivity index (χ1v) is 9.60. The molecule has 0 aliphatic heterocycles. The Morgan fingerprint density at radius 2 is 2.04 bits per heavy atom. The van der Waals surface area contributed by atoms with Crippen LogP contribution in [0.1, 0.15) is 13.8 Å². The summed E-state index contributed by atoms with van der Waals surface area (Å²) in [6, 6.07) is 6.52. The summed E-state index contributed by atoms with van der Waals surface area (Å²) >= 11 is 1.11. The lowest BCUT2D eigenvalue weighted by atomic mass is 10.2. The number of carbonyl (C=O) groups is 2. The van der Waals surface area contributed by atoms with Crippen molar-refractivity contribution in [3.05, 3.63) is 34.6 Å². The number of carbonyl (C=O) groups excluding carboxylic acids is 2. The zero-order valence-electron chi connectivity index (χ0n) is 15.7. The van der Waals surface area contributed by atoms with Gasteiger partial charge in [-0.1, -0.05) is 37.7 Å². The Bertz CT molecular complexity index is 866. The number of urea groups is 1. The van der Waals surface area contributed by atoms with E-state index in [1.807, 2.05) is 13.8 Å². The highest BCUT2D eigenvalue weighted by molar-refractivity contribution is 7.99. The molecule has 0 fully saturated rings. The normalized spacial score (nSPS) is 11.0. The van der Waals surface area contributed by atoms with Crippen molar-refractivity contribution < 1.29 is 14.3 Å². The maximum absolute atomic E-state index is 12.7. The Morgan fingerprint density at radius 3 is 2.74 bits per heavy atom. The molecule has 0 saturated heterocycles. The van der Waals surface area contributed by atoms with Gasteiger partial charge in [-0.3, -0.25) is 19.5 Å². The van der Waals surface area contributed by atoms with Gasteiger partial charge in [0.25, 0.3) is 5.56 Å². The average molecular weight is 392 g/mol. The molecular formula is C18H24N4O4S. The number of imide groups is 1. The summed E-state index contributed by atoms with van der Waals surface area (Å²) in [5, 5.41) is 5.81. The van der Waals surface area contributed by atoms with Crippen LogP contribution in [-0.2, 0) is 16.1 Å². The Morgan fingerprint density at radius 1 is 1.30 bits per heavy atom. The minimum atomic E-state index is -0.530. The van der Waals surface area contributed by atoms with Crippen molar-refractivity contribution in [2.24, 2.45) is 5.92 Å². The van der Waals surface area contributed by atoms with Crippen LogP contribution in [0.5, 0.6) is 0 Å². The van der Waals surface area contributed by atoms with E-state index in [0.717, 1.165) is 11.8 Å². The second-order valence-electron chi connectivity index (χ2n) is 6.30. The van der Waals surface area contributed by atoms with E-state index < -0.39 is 11.9 Å². The van der Waals surface area contributed by atoms with Crippen molar-refractivity contribution in [1.82, 2.24) is 20.2 Å². The van der Waals surface area contributed by atoms with E-state index in [1.165, 1.54) is 4.57 Å². The van der Waals surface area contributed by atoms with Gasteiger partial charge in [-0.25, -0.2) is 9.78 Å². The van der Waals surface area contributed by atoms with Gasteiger partial charge in [0.2, 0.25) is 5.91 Å². The van der Waals surface area contributed by atoms with Crippen LogP contribution in [0.25, 0.3) is 10.9 Å². The number of hydrogen-bond acceptors (Lipinski definition) is 6. The van der Waals surface area contributed by atoms with E-state index in [4.69, 9.17) is 4.74 Å². The first kappa shape index (κ1) is 20.9. The van der Waals surface area contributed by atoms with Crippen LogP contribution >= 0.6 is 11.8 Å². The number of aromatic nitrogens is 2. The topological polar surface area (TPSA) is 102 Å². The van der Waals surface area contributed by atoms with Crippen molar-refractivity contribution in [2.45, 2.75) is 25.5 Å². The third kappa shape index (κ3) is 6.07. The first-order chi connectivity index (χ1) is 12.9. The van der Waals surface area contributed by atoms with Crippen LogP contribution in [0.3, 0.4) is 0 Å². The van der Waals surface area contributed by atoms with Gasteiger partial charge in [0.15, 0.2) is 5.16 Å². The lowest BCUT2D eigenvalue weighted by Gasteiger charge is -2.13. The fraction of sp³-hybridized carbons (Fsp3) is 0.444. The van der Waals surface area contributed by atoms with Crippen LogP contribution in [0, 0.1) is 5.92 Å². The van der Waals surface area contributed by atoms with Crippen molar-refractivity contribution >= 4 is 34.6 Å². The highest BCUT2D eigenvalue weighted by atomic mass is 32.2. The third-order valence-electron chi connectivity index (χ3n) is 3.60. The predicted octanol–water partition coefficient (Wildman–Crippen LogP) is 1.62. The molecule has 0 atom stereocenters. The molecule has 3 amide bonds. The second kappa shape index (κ2) is 10.1. The number of amides is 3. The van der Waals surface area contributed by atoms with Crippen LogP contribution in [-0.4, -0.2) is 47.5 Å². The quantitative estimate of drug-likeness (QED) is 0.523. The summed E-state index contributed by atoms with van der Waals surface area (Å²) in [7, 11) is 1.55. The average Bonchev–Trinajstić information content (AvgIpc) is 2.64. The zero-order chi connectivity index (χ0) is 19.8. The molecule has 0 saturated carbocycles. The Kier molecular flexibility index (Phi) is 7.81. The van der Waals surface area contributed by atoms with Gasteiger partial charge in [-0.2, -0.15) is 0 Å². The number of ether oxygens (including phenoxy) is 1. The number of fused-ring (bicyclic) bond motifs is 1. The van der Waals surface area contributed by atoms with Crippen molar-refractivity contribution in [2.75, 3.05) is 26.0 Å². The minimum Gasteiger partial charge on any atom is -0.383 e. The van der Waals surface area contributed by atoms with Crippen molar-refractivity contribution in [3.8, 4) is 0 Å². The van der Waals surface area contributed by atoms with Gasteiger partial charge < -0.3 is 10.1 Å². The van der Waals surface area contributed by atoms with Gasteiger partial charge in [0, 0.05) is 13.7 Å². The Balaban J connectivity index is 2.11. The van der Waals surface area contributed by atoms with Crippen LogP contribution in [0.4, 0.5) is 4.79 Å². The van der Waals surface area contributed by atoms with Gasteiger partial charge in [-0.05, 0) is 18.1 Å². The largest absolute Gasteiger partial charge is 0.383 e. The molecule has 8 nitrogen and oxygen atoms in total. The molecule has 1 heterocycles. The van der Waals surface area contributed by atoms with Crippen LogP contribution in [0.15, 0.2) is 34.2 Å².